The van der Waals surface area contributed by atoms with Crippen LogP contribution < -0.4 is 10.3 Å². The fourth-order valence-corrected chi connectivity index (χ4v) is 4.08. The molecule has 0 bridgehead atoms. The van der Waals surface area contributed by atoms with Crippen LogP contribution in [0.1, 0.15) is 30.6 Å². The Hall–Kier alpha value is -3.52. The van der Waals surface area contributed by atoms with E-state index in [9.17, 15) is 9.59 Å². The summed E-state index contributed by atoms with van der Waals surface area (Å²) in [6.45, 7) is 2.08. The van der Waals surface area contributed by atoms with Crippen LogP contribution >= 0.6 is 11.3 Å². The Kier molecular flexibility index (Phi) is 6.37. The van der Waals surface area contributed by atoms with Crippen molar-refractivity contribution in [3.8, 4) is 0 Å². The molecule has 1 aliphatic heterocycles. The van der Waals surface area contributed by atoms with Crippen LogP contribution in [0.15, 0.2) is 71.1 Å². The lowest BCUT2D eigenvalue weighted by molar-refractivity contribution is -0.142. The van der Waals surface area contributed by atoms with Crippen LogP contribution in [0.3, 0.4) is 0 Å². The number of nitrogens with one attached hydrogen (secondary N) is 1. The molecule has 4 rings (SSSR count). The van der Waals surface area contributed by atoms with Crippen LogP contribution in [-0.4, -0.2) is 29.2 Å². The molecule has 158 valence electrons. The normalized spacial score (nSPS) is 15.5. The minimum atomic E-state index is -0.338. The average molecular weight is 435 g/mol. The highest BCUT2D eigenvalue weighted by atomic mass is 32.1. The molecular weight excluding hydrogens is 412 g/mol. The second-order valence-corrected chi connectivity index (χ2v) is 7.80. The quantitative estimate of drug-likeness (QED) is 0.564. The van der Waals surface area contributed by atoms with Gasteiger partial charge in [0.05, 0.1) is 30.5 Å². The molecule has 1 amide bonds. The Morgan fingerprint density at radius 1 is 1.13 bits per heavy atom. The number of anilines is 2. The number of esters is 1. The number of thiazole rings is 1. The maximum Gasteiger partial charge on any atom is 0.311 e. The molecule has 31 heavy (non-hydrogen) atoms. The Bertz CT molecular complexity index is 1080. The highest BCUT2D eigenvalue weighted by molar-refractivity contribution is 7.14. The third-order valence-electron chi connectivity index (χ3n) is 4.78. The van der Waals surface area contributed by atoms with Crippen LogP contribution in [0.25, 0.3) is 0 Å². The SMILES string of the molecule is CCOC(=O)Cc1csc(NC(=O)C2=NN(c3ccccc3)[C@H](c3ccccc3)C2)n1. The van der Waals surface area contributed by atoms with Crippen molar-refractivity contribution in [2.45, 2.75) is 25.8 Å². The molecule has 2 heterocycles. The maximum atomic E-state index is 12.9. The monoisotopic (exact) mass is 434 g/mol. The molecule has 8 heteroatoms. The molecule has 3 aromatic rings. The number of carbonyl (C=O) groups is 2. The van der Waals surface area contributed by atoms with Crippen LogP contribution in [-0.2, 0) is 20.7 Å². The predicted molar refractivity (Wildman–Crippen MR) is 121 cm³/mol. The predicted octanol–water partition coefficient (Wildman–Crippen LogP) is 4.19. The molecule has 0 saturated heterocycles. The van der Waals surface area contributed by atoms with E-state index in [1.807, 2.05) is 65.7 Å². The van der Waals surface area contributed by atoms with Crippen molar-refractivity contribution in [1.82, 2.24) is 4.98 Å². The smallest absolute Gasteiger partial charge is 0.311 e. The fraction of sp³-hybridized carbons (Fsp3) is 0.217. The lowest BCUT2D eigenvalue weighted by atomic mass is 10.0. The van der Waals surface area contributed by atoms with Gasteiger partial charge in [-0.15, -0.1) is 11.3 Å². The van der Waals surface area contributed by atoms with Gasteiger partial charge in [0, 0.05) is 11.8 Å². The van der Waals surface area contributed by atoms with Gasteiger partial charge in [0.1, 0.15) is 5.71 Å². The number of hydrogen-bond acceptors (Lipinski definition) is 7. The van der Waals surface area contributed by atoms with E-state index in [0.29, 0.717) is 29.6 Å². The Balaban J connectivity index is 1.50. The molecule has 2 aromatic carbocycles. The molecule has 1 aromatic heterocycles. The second kappa shape index (κ2) is 9.53. The van der Waals surface area contributed by atoms with Gasteiger partial charge in [0.15, 0.2) is 5.13 Å². The highest BCUT2D eigenvalue weighted by Crippen LogP contribution is 2.35. The van der Waals surface area contributed by atoms with Gasteiger partial charge < -0.3 is 4.74 Å². The average Bonchev–Trinajstić information content (AvgIpc) is 3.42. The molecule has 0 aliphatic carbocycles. The summed E-state index contributed by atoms with van der Waals surface area (Å²) < 4.78 is 4.94. The van der Waals surface area contributed by atoms with E-state index in [1.165, 1.54) is 11.3 Å². The number of aromatic nitrogens is 1. The summed E-state index contributed by atoms with van der Waals surface area (Å²) >= 11 is 1.27. The number of amides is 1. The largest absolute Gasteiger partial charge is 0.466 e. The van der Waals surface area contributed by atoms with E-state index < -0.39 is 0 Å². The highest BCUT2D eigenvalue weighted by Gasteiger charge is 2.32. The first-order valence-corrected chi connectivity index (χ1v) is 10.9. The maximum absolute atomic E-state index is 12.9. The van der Waals surface area contributed by atoms with Gasteiger partial charge >= 0.3 is 5.97 Å². The minimum absolute atomic E-state index is 0.0694. The summed E-state index contributed by atoms with van der Waals surface area (Å²) in [7, 11) is 0. The molecule has 0 spiro atoms. The van der Waals surface area contributed by atoms with Crippen LogP contribution in [0.4, 0.5) is 10.8 Å². The van der Waals surface area contributed by atoms with E-state index in [2.05, 4.69) is 15.4 Å². The number of nitrogens with zero attached hydrogens (tertiary/aromatic N) is 3. The summed E-state index contributed by atoms with van der Waals surface area (Å²) in [6, 6.07) is 19.7. The van der Waals surface area contributed by atoms with E-state index in [-0.39, 0.29) is 24.3 Å². The number of hydrogen-bond donors (Lipinski definition) is 1. The molecule has 0 fully saturated rings. The number of hydrazone groups is 1. The summed E-state index contributed by atoms with van der Waals surface area (Å²) in [5.41, 5.74) is 3.01. The van der Waals surface area contributed by atoms with Crippen molar-refractivity contribution in [2.24, 2.45) is 5.10 Å². The first-order valence-electron chi connectivity index (χ1n) is 10.0. The topological polar surface area (TPSA) is 83.9 Å². The van der Waals surface area contributed by atoms with Gasteiger partial charge in [-0.3, -0.25) is 19.9 Å². The molecule has 7 nitrogen and oxygen atoms in total. The first kappa shape index (κ1) is 20.7. The Labute approximate surface area is 184 Å². The summed E-state index contributed by atoms with van der Waals surface area (Å²) in [5, 5.41) is 11.5. The van der Waals surface area contributed by atoms with Crippen molar-refractivity contribution < 1.29 is 14.3 Å². The lowest BCUT2D eigenvalue weighted by Crippen LogP contribution is -2.22. The van der Waals surface area contributed by atoms with E-state index in [0.717, 1.165) is 11.3 Å². The van der Waals surface area contributed by atoms with Gasteiger partial charge in [-0.1, -0.05) is 48.5 Å². The molecule has 0 saturated carbocycles. The summed E-state index contributed by atoms with van der Waals surface area (Å²) in [5.74, 6) is -0.633. The number of carbonyl (C=O) groups excluding carboxylic acids is 2. The Morgan fingerprint density at radius 3 is 2.55 bits per heavy atom. The summed E-state index contributed by atoms with van der Waals surface area (Å²) in [6.07, 6.45) is 0.560. The third kappa shape index (κ3) is 4.97. The van der Waals surface area contributed by atoms with Crippen molar-refractivity contribution in [3.05, 3.63) is 77.3 Å². The molecular formula is C23H22N4O3S. The van der Waals surface area contributed by atoms with Crippen LogP contribution in [0.5, 0.6) is 0 Å². The zero-order valence-electron chi connectivity index (χ0n) is 17.0. The molecule has 0 unspecified atom stereocenters. The van der Waals surface area contributed by atoms with E-state index >= 15 is 0 Å². The van der Waals surface area contributed by atoms with Crippen molar-refractivity contribution in [2.75, 3.05) is 16.9 Å². The van der Waals surface area contributed by atoms with Crippen molar-refractivity contribution >= 4 is 39.7 Å². The Morgan fingerprint density at radius 2 is 1.84 bits per heavy atom. The molecule has 1 aliphatic rings. The van der Waals surface area contributed by atoms with E-state index in [4.69, 9.17) is 4.74 Å². The van der Waals surface area contributed by atoms with Gasteiger partial charge in [-0.2, -0.15) is 5.10 Å². The van der Waals surface area contributed by atoms with Gasteiger partial charge in [-0.05, 0) is 24.6 Å². The second-order valence-electron chi connectivity index (χ2n) is 6.94. The van der Waals surface area contributed by atoms with Gasteiger partial charge in [0.25, 0.3) is 5.91 Å². The lowest BCUT2D eigenvalue weighted by Gasteiger charge is -2.23. The zero-order valence-corrected chi connectivity index (χ0v) is 17.8. The zero-order chi connectivity index (χ0) is 21.6. The molecule has 1 N–H and O–H groups in total. The number of benzene rings is 2. The molecule has 1 atom stereocenters. The number of rotatable bonds is 7. The van der Waals surface area contributed by atoms with Gasteiger partial charge in [0.2, 0.25) is 0 Å². The first-order chi connectivity index (χ1) is 15.1. The standard InChI is InChI=1S/C23H22N4O3S/c1-2-30-21(28)13-17-15-31-23(24-17)25-22(29)19-14-20(16-9-5-3-6-10-16)27(26-19)18-11-7-4-8-12-18/h3-12,15,20H,2,13-14H2,1H3,(H,24,25,29)/t20-/m0/s1. The fourth-order valence-electron chi connectivity index (χ4n) is 3.38. The van der Waals surface area contributed by atoms with Crippen LogP contribution in [0.2, 0.25) is 0 Å². The van der Waals surface area contributed by atoms with Gasteiger partial charge in [-0.25, -0.2) is 4.98 Å². The summed E-state index contributed by atoms with van der Waals surface area (Å²) in [4.78, 5) is 28.8. The van der Waals surface area contributed by atoms with Crippen molar-refractivity contribution in [3.63, 3.8) is 0 Å². The van der Waals surface area contributed by atoms with Crippen LogP contribution in [0, 0.1) is 0 Å². The van der Waals surface area contributed by atoms with E-state index in [1.54, 1.807) is 12.3 Å². The van der Waals surface area contributed by atoms with Crippen molar-refractivity contribution in [1.29, 1.82) is 0 Å². The third-order valence-corrected chi connectivity index (χ3v) is 5.59. The minimum Gasteiger partial charge on any atom is -0.466 e. The molecule has 0 radical (unpaired) electrons. The number of para-hydroxylation sites is 1. The number of ether oxygens (including phenoxy) is 1.